The molecule has 0 fully saturated rings. The second-order valence-electron chi connectivity index (χ2n) is 5.27. The molecular formula is C17H27NO2S. The maximum Gasteiger partial charge on any atom is 0.323 e. The van der Waals surface area contributed by atoms with Gasteiger partial charge in [-0.3, -0.25) is 4.79 Å². The van der Waals surface area contributed by atoms with E-state index in [1.165, 1.54) is 16.7 Å². The third-order valence-corrected chi connectivity index (χ3v) is 4.15. The highest BCUT2D eigenvalue weighted by molar-refractivity contribution is 7.98. The first-order chi connectivity index (χ1) is 10.1. The third-order valence-electron chi connectivity index (χ3n) is 3.05. The zero-order valence-corrected chi connectivity index (χ0v) is 14.4. The molecule has 0 heterocycles. The van der Waals surface area contributed by atoms with Crippen LogP contribution >= 0.6 is 11.8 Å². The van der Waals surface area contributed by atoms with Gasteiger partial charge in [-0.1, -0.05) is 36.2 Å². The maximum absolute atomic E-state index is 11.9. The van der Waals surface area contributed by atoms with Crippen LogP contribution in [0.3, 0.4) is 0 Å². The van der Waals surface area contributed by atoms with Crippen molar-refractivity contribution >= 4 is 17.7 Å². The van der Waals surface area contributed by atoms with Crippen LogP contribution in [0.25, 0.3) is 0 Å². The van der Waals surface area contributed by atoms with Crippen molar-refractivity contribution in [1.82, 2.24) is 5.32 Å². The number of esters is 1. The van der Waals surface area contributed by atoms with Crippen molar-refractivity contribution in [3.8, 4) is 0 Å². The van der Waals surface area contributed by atoms with E-state index in [9.17, 15) is 4.79 Å². The van der Waals surface area contributed by atoms with E-state index in [0.717, 1.165) is 24.5 Å². The van der Waals surface area contributed by atoms with Crippen LogP contribution < -0.4 is 5.32 Å². The zero-order valence-electron chi connectivity index (χ0n) is 13.6. The van der Waals surface area contributed by atoms with Crippen LogP contribution in [-0.2, 0) is 15.3 Å². The normalized spacial score (nSPS) is 12.2. The molecule has 1 aromatic rings. The first-order valence-corrected chi connectivity index (χ1v) is 8.77. The molecule has 3 nitrogen and oxygen atoms in total. The van der Waals surface area contributed by atoms with Crippen LogP contribution in [0, 0.1) is 13.8 Å². The molecule has 0 aliphatic rings. The van der Waals surface area contributed by atoms with Crippen LogP contribution in [-0.4, -0.2) is 30.9 Å². The van der Waals surface area contributed by atoms with E-state index in [1.54, 1.807) is 11.8 Å². The van der Waals surface area contributed by atoms with E-state index in [0.29, 0.717) is 6.61 Å². The number of thioether (sulfide) groups is 1. The van der Waals surface area contributed by atoms with Gasteiger partial charge in [0.15, 0.2) is 0 Å². The summed E-state index contributed by atoms with van der Waals surface area (Å²) >= 11 is 1.77. The largest absolute Gasteiger partial charge is 0.465 e. The maximum atomic E-state index is 11.9. The smallest absolute Gasteiger partial charge is 0.323 e. The minimum atomic E-state index is -0.208. The summed E-state index contributed by atoms with van der Waals surface area (Å²) in [4.78, 5) is 11.9. The molecule has 0 spiro atoms. The van der Waals surface area contributed by atoms with E-state index in [1.807, 2.05) is 6.92 Å². The Hall–Kier alpha value is -1.00. The quantitative estimate of drug-likeness (QED) is 0.709. The molecule has 1 unspecified atom stereocenters. The summed E-state index contributed by atoms with van der Waals surface area (Å²) in [5, 5.41) is 3.27. The molecule has 0 aliphatic heterocycles. The van der Waals surface area contributed by atoms with Gasteiger partial charge in [-0.25, -0.2) is 0 Å². The zero-order chi connectivity index (χ0) is 15.7. The SMILES string of the molecule is CCCNC(CSCc1cc(C)cc(C)c1)C(=O)OCC. The summed E-state index contributed by atoms with van der Waals surface area (Å²) in [7, 11) is 0. The first-order valence-electron chi connectivity index (χ1n) is 7.61. The summed E-state index contributed by atoms with van der Waals surface area (Å²) in [5.41, 5.74) is 3.89. The number of aryl methyl sites for hydroxylation is 2. The lowest BCUT2D eigenvalue weighted by Crippen LogP contribution is -2.40. The van der Waals surface area contributed by atoms with Gasteiger partial charge in [-0.15, -0.1) is 0 Å². The Morgan fingerprint density at radius 3 is 2.48 bits per heavy atom. The lowest BCUT2D eigenvalue weighted by Gasteiger charge is -2.16. The first kappa shape index (κ1) is 18.1. The molecule has 0 saturated carbocycles. The van der Waals surface area contributed by atoms with Crippen LogP contribution in [0.2, 0.25) is 0 Å². The Kier molecular flexibility index (Phi) is 8.47. The molecule has 0 aliphatic carbocycles. The van der Waals surface area contributed by atoms with E-state index in [2.05, 4.69) is 44.3 Å². The predicted octanol–water partition coefficient (Wildman–Crippen LogP) is 3.47. The molecule has 0 amide bonds. The number of hydrogen-bond acceptors (Lipinski definition) is 4. The summed E-state index contributed by atoms with van der Waals surface area (Å²) in [6, 6.07) is 6.39. The second kappa shape index (κ2) is 9.85. The summed E-state index contributed by atoms with van der Waals surface area (Å²) < 4.78 is 5.13. The van der Waals surface area contributed by atoms with Crippen LogP contribution in [0.5, 0.6) is 0 Å². The topological polar surface area (TPSA) is 38.3 Å². The van der Waals surface area contributed by atoms with Crippen molar-refractivity contribution in [2.24, 2.45) is 0 Å². The Bertz CT molecular complexity index is 428. The van der Waals surface area contributed by atoms with E-state index >= 15 is 0 Å². The fourth-order valence-electron chi connectivity index (χ4n) is 2.22. The molecular weight excluding hydrogens is 282 g/mol. The number of ether oxygens (including phenoxy) is 1. The number of carbonyl (C=O) groups excluding carboxylic acids is 1. The van der Waals surface area contributed by atoms with Gasteiger partial charge in [0.1, 0.15) is 6.04 Å². The fraction of sp³-hybridized carbons (Fsp3) is 0.588. The van der Waals surface area contributed by atoms with Crippen molar-refractivity contribution in [3.63, 3.8) is 0 Å². The van der Waals surface area contributed by atoms with Gasteiger partial charge < -0.3 is 10.1 Å². The standard InChI is InChI=1S/C17H27NO2S/c1-5-7-18-16(17(19)20-6-2)12-21-11-15-9-13(3)8-14(4)10-15/h8-10,16,18H,5-7,11-12H2,1-4H3. The van der Waals surface area contributed by atoms with Crippen molar-refractivity contribution in [2.75, 3.05) is 18.9 Å². The van der Waals surface area contributed by atoms with Crippen molar-refractivity contribution < 1.29 is 9.53 Å². The van der Waals surface area contributed by atoms with Crippen molar-refractivity contribution in [2.45, 2.75) is 45.9 Å². The van der Waals surface area contributed by atoms with E-state index < -0.39 is 0 Å². The van der Waals surface area contributed by atoms with Crippen molar-refractivity contribution in [1.29, 1.82) is 0 Å². The van der Waals surface area contributed by atoms with Gasteiger partial charge in [0, 0.05) is 11.5 Å². The fourth-order valence-corrected chi connectivity index (χ4v) is 3.23. The summed E-state index contributed by atoms with van der Waals surface area (Å²) in [5.74, 6) is 1.52. The lowest BCUT2D eigenvalue weighted by atomic mass is 10.1. The van der Waals surface area contributed by atoms with Crippen molar-refractivity contribution in [3.05, 3.63) is 34.9 Å². The Balaban J connectivity index is 2.49. The lowest BCUT2D eigenvalue weighted by molar-refractivity contribution is -0.144. The van der Waals surface area contributed by atoms with Gasteiger partial charge in [0.2, 0.25) is 0 Å². The molecule has 0 radical (unpaired) electrons. The van der Waals surface area contributed by atoms with E-state index in [-0.39, 0.29) is 12.0 Å². The molecule has 1 aromatic carbocycles. The highest BCUT2D eigenvalue weighted by Crippen LogP contribution is 2.17. The minimum Gasteiger partial charge on any atom is -0.465 e. The molecule has 1 rings (SSSR count). The van der Waals surface area contributed by atoms with Gasteiger partial charge in [-0.05, 0) is 39.3 Å². The van der Waals surface area contributed by atoms with Crippen LogP contribution in [0.4, 0.5) is 0 Å². The average molecular weight is 309 g/mol. The minimum absolute atomic E-state index is 0.140. The second-order valence-corrected chi connectivity index (χ2v) is 6.30. The number of benzene rings is 1. The molecule has 1 N–H and O–H groups in total. The molecule has 21 heavy (non-hydrogen) atoms. The molecule has 4 heteroatoms. The average Bonchev–Trinajstić information content (AvgIpc) is 2.41. The third kappa shape index (κ3) is 7.00. The Labute approximate surface area is 132 Å². The van der Waals surface area contributed by atoms with Crippen LogP contribution in [0.1, 0.15) is 37.0 Å². The van der Waals surface area contributed by atoms with Gasteiger partial charge in [0.05, 0.1) is 6.61 Å². The summed E-state index contributed by atoms with van der Waals surface area (Å²) in [6.07, 6.45) is 1.01. The number of nitrogens with one attached hydrogen (secondary N) is 1. The monoisotopic (exact) mass is 309 g/mol. The van der Waals surface area contributed by atoms with E-state index in [4.69, 9.17) is 4.74 Å². The van der Waals surface area contributed by atoms with Gasteiger partial charge >= 0.3 is 5.97 Å². The number of hydrogen-bond donors (Lipinski definition) is 1. The molecule has 0 bridgehead atoms. The number of carbonyl (C=O) groups is 1. The van der Waals surface area contributed by atoms with Gasteiger partial charge in [-0.2, -0.15) is 11.8 Å². The Morgan fingerprint density at radius 2 is 1.90 bits per heavy atom. The highest BCUT2D eigenvalue weighted by Gasteiger charge is 2.18. The Morgan fingerprint density at radius 1 is 1.24 bits per heavy atom. The van der Waals surface area contributed by atoms with Crippen LogP contribution in [0.15, 0.2) is 18.2 Å². The highest BCUT2D eigenvalue weighted by atomic mass is 32.2. The predicted molar refractivity (Wildman–Crippen MR) is 90.8 cm³/mol. The molecule has 0 saturated heterocycles. The molecule has 1 atom stereocenters. The van der Waals surface area contributed by atoms with Gasteiger partial charge in [0.25, 0.3) is 0 Å². The molecule has 0 aromatic heterocycles. The summed E-state index contributed by atoms with van der Waals surface area (Å²) in [6.45, 7) is 9.45. The number of rotatable bonds is 9. The molecule has 118 valence electrons.